The molecular weight excluding hydrogens is 379 g/mol. The lowest BCUT2D eigenvalue weighted by molar-refractivity contribution is 0.0937. The Hall–Kier alpha value is -0.330. The van der Waals surface area contributed by atoms with E-state index >= 15 is 0 Å². The number of piperidine rings is 2. The highest BCUT2D eigenvalue weighted by molar-refractivity contribution is 7.92. The summed E-state index contributed by atoms with van der Waals surface area (Å²) in [5, 5.41) is 3.57. The van der Waals surface area contributed by atoms with Crippen LogP contribution in [0, 0.1) is 12.8 Å². The summed E-state index contributed by atoms with van der Waals surface area (Å²) in [6, 6.07) is 3.49. The van der Waals surface area contributed by atoms with Gasteiger partial charge in [0.05, 0.1) is 9.92 Å². The molecule has 2 heterocycles. The summed E-state index contributed by atoms with van der Waals surface area (Å²) >= 11 is 12.4. The standard InChI is InChI=1S/C18H26Cl2N2O2S/c1-12-5-8-22(14-3-6-21-7-4-14)18(9-12)25(23,24)17-10-13(2)15(19)11-16(17)20/h10-12,14,18,21H,3-9H2,1-2H3. The van der Waals surface area contributed by atoms with Crippen LogP contribution in [0.15, 0.2) is 17.0 Å². The van der Waals surface area contributed by atoms with Gasteiger partial charge < -0.3 is 5.32 Å². The first kappa shape index (κ1) is 19.4. The summed E-state index contributed by atoms with van der Waals surface area (Å²) in [5.41, 5.74) is 0.738. The zero-order valence-electron chi connectivity index (χ0n) is 14.8. The van der Waals surface area contributed by atoms with Crippen LogP contribution in [0.2, 0.25) is 10.0 Å². The summed E-state index contributed by atoms with van der Waals surface area (Å²) in [6.45, 7) is 6.68. The van der Waals surface area contributed by atoms with Crippen molar-refractivity contribution in [3.8, 4) is 0 Å². The molecule has 4 nitrogen and oxygen atoms in total. The van der Waals surface area contributed by atoms with Gasteiger partial charge >= 0.3 is 0 Å². The lowest BCUT2D eigenvalue weighted by Crippen LogP contribution is -2.54. The second-order valence-corrected chi connectivity index (χ2v) is 10.3. The quantitative estimate of drug-likeness (QED) is 0.829. The zero-order chi connectivity index (χ0) is 18.2. The summed E-state index contributed by atoms with van der Waals surface area (Å²) in [5.74, 6) is 0.393. The second-order valence-electron chi connectivity index (χ2n) is 7.38. The van der Waals surface area contributed by atoms with Crippen molar-refractivity contribution in [1.82, 2.24) is 10.2 Å². The maximum atomic E-state index is 13.5. The number of nitrogens with one attached hydrogen (secondary N) is 1. The Balaban J connectivity index is 1.98. The SMILES string of the molecule is Cc1cc(S(=O)(=O)C2CC(C)CCN2C2CCNCC2)c(Cl)cc1Cl. The molecule has 0 aliphatic carbocycles. The molecule has 0 aromatic heterocycles. The minimum Gasteiger partial charge on any atom is -0.317 e. The fraction of sp³-hybridized carbons (Fsp3) is 0.667. The zero-order valence-corrected chi connectivity index (χ0v) is 17.1. The smallest absolute Gasteiger partial charge is 0.195 e. The first-order chi connectivity index (χ1) is 11.8. The highest BCUT2D eigenvalue weighted by Gasteiger charge is 2.41. The molecule has 3 rings (SSSR count). The number of aryl methyl sites for hydroxylation is 1. The van der Waals surface area contributed by atoms with Gasteiger partial charge in [0.2, 0.25) is 0 Å². The van der Waals surface area contributed by atoms with E-state index in [9.17, 15) is 8.42 Å². The van der Waals surface area contributed by atoms with Crippen LogP contribution in [0.5, 0.6) is 0 Å². The van der Waals surface area contributed by atoms with Gasteiger partial charge in [-0.05, 0) is 75.9 Å². The third kappa shape index (κ3) is 4.01. The third-order valence-corrected chi connectivity index (χ3v) is 8.47. The van der Waals surface area contributed by atoms with Crippen molar-refractivity contribution in [3.63, 3.8) is 0 Å². The molecule has 7 heteroatoms. The number of sulfone groups is 1. The van der Waals surface area contributed by atoms with E-state index < -0.39 is 15.2 Å². The summed E-state index contributed by atoms with van der Waals surface area (Å²) < 4.78 is 27.0. The van der Waals surface area contributed by atoms with E-state index in [1.54, 1.807) is 12.1 Å². The fourth-order valence-corrected chi connectivity index (χ4v) is 6.85. The topological polar surface area (TPSA) is 49.4 Å². The molecule has 2 fully saturated rings. The number of benzene rings is 1. The van der Waals surface area contributed by atoms with Crippen molar-refractivity contribution >= 4 is 33.0 Å². The predicted octanol–water partition coefficient (Wildman–Crippen LogP) is 3.89. The van der Waals surface area contributed by atoms with E-state index in [4.69, 9.17) is 23.2 Å². The van der Waals surface area contributed by atoms with Crippen molar-refractivity contribution in [1.29, 1.82) is 0 Å². The lowest BCUT2D eigenvalue weighted by Gasteiger charge is -2.44. The molecule has 1 aromatic carbocycles. The third-order valence-electron chi connectivity index (χ3n) is 5.51. The van der Waals surface area contributed by atoms with Crippen molar-refractivity contribution in [2.45, 2.75) is 55.8 Å². The van der Waals surface area contributed by atoms with E-state index in [1.165, 1.54) is 0 Å². The van der Waals surface area contributed by atoms with Crippen molar-refractivity contribution in [2.75, 3.05) is 19.6 Å². The van der Waals surface area contributed by atoms with Gasteiger partial charge in [-0.15, -0.1) is 0 Å². The largest absolute Gasteiger partial charge is 0.317 e. The Bertz CT molecular complexity index is 733. The number of nitrogens with zero attached hydrogens (tertiary/aromatic N) is 1. The van der Waals surface area contributed by atoms with Crippen LogP contribution in [0.1, 0.15) is 38.2 Å². The molecule has 0 amide bonds. The monoisotopic (exact) mass is 404 g/mol. The molecule has 2 aliphatic heterocycles. The number of rotatable bonds is 3. The van der Waals surface area contributed by atoms with Crippen LogP contribution >= 0.6 is 23.2 Å². The molecule has 2 saturated heterocycles. The summed E-state index contributed by atoms with van der Waals surface area (Å²) in [7, 11) is -3.55. The molecule has 1 aromatic rings. The summed E-state index contributed by atoms with van der Waals surface area (Å²) in [6.07, 6.45) is 3.69. The van der Waals surface area contributed by atoms with E-state index in [-0.39, 0.29) is 9.92 Å². The maximum Gasteiger partial charge on any atom is 0.195 e. The molecule has 0 spiro atoms. The van der Waals surface area contributed by atoms with Crippen molar-refractivity contribution in [2.24, 2.45) is 5.92 Å². The molecular formula is C18H26Cl2N2O2S. The Morgan fingerprint density at radius 3 is 2.48 bits per heavy atom. The molecule has 0 saturated carbocycles. The number of likely N-dealkylation sites (tertiary alicyclic amines) is 1. The van der Waals surface area contributed by atoms with Gasteiger partial charge in [0.1, 0.15) is 5.37 Å². The highest BCUT2D eigenvalue weighted by atomic mass is 35.5. The minimum atomic E-state index is -3.55. The molecule has 2 unspecified atom stereocenters. The first-order valence-corrected chi connectivity index (χ1v) is 11.3. The van der Waals surface area contributed by atoms with Crippen molar-refractivity contribution in [3.05, 3.63) is 27.7 Å². The molecule has 2 atom stereocenters. The Labute approximate surface area is 160 Å². The van der Waals surface area contributed by atoms with E-state index in [0.29, 0.717) is 23.4 Å². The summed E-state index contributed by atoms with van der Waals surface area (Å²) in [4.78, 5) is 2.44. The normalized spacial score (nSPS) is 26.7. The van der Waals surface area contributed by atoms with Gasteiger partial charge in [-0.25, -0.2) is 8.42 Å². The fourth-order valence-electron chi connectivity index (χ4n) is 3.97. The highest BCUT2D eigenvalue weighted by Crippen LogP contribution is 2.37. The Morgan fingerprint density at radius 1 is 1.12 bits per heavy atom. The van der Waals surface area contributed by atoms with E-state index in [2.05, 4.69) is 17.1 Å². The van der Waals surface area contributed by atoms with Crippen molar-refractivity contribution < 1.29 is 8.42 Å². The number of hydrogen-bond acceptors (Lipinski definition) is 4. The molecule has 2 aliphatic rings. The Kier molecular flexibility index (Phi) is 6.01. The lowest BCUT2D eigenvalue weighted by atomic mass is 9.95. The molecule has 140 valence electrons. The predicted molar refractivity (Wildman–Crippen MR) is 103 cm³/mol. The van der Waals surface area contributed by atoms with Gasteiger partial charge in [-0.1, -0.05) is 30.1 Å². The first-order valence-electron chi connectivity index (χ1n) is 8.96. The maximum absolute atomic E-state index is 13.5. The van der Waals surface area contributed by atoms with Crippen LogP contribution in [0.4, 0.5) is 0 Å². The average molecular weight is 405 g/mol. The number of hydrogen-bond donors (Lipinski definition) is 1. The van der Waals surface area contributed by atoms with Crippen LogP contribution < -0.4 is 5.32 Å². The minimum absolute atomic E-state index is 0.217. The van der Waals surface area contributed by atoms with Crippen LogP contribution in [-0.4, -0.2) is 44.4 Å². The molecule has 25 heavy (non-hydrogen) atoms. The Morgan fingerprint density at radius 2 is 1.80 bits per heavy atom. The molecule has 1 N–H and O–H groups in total. The van der Waals surface area contributed by atoms with Gasteiger partial charge in [0.15, 0.2) is 9.84 Å². The molecule has 0 radical (unpaired) electrons. The second kappa shape index (κ2) is 7.73. The van der Waals surface area contributed by atoms with Gasteiger partial charge in [-0.3, -0.25) is 4.90 Å². The van der Waals surface area contributed by atoms with Gasteiger partial charge in [0.25, 0.3) is 0 Å². The van der Waals surface area contributed by atoms with E-state index in [0.717, 1.165) is 44.5 Å². The number of halogens is 2. The van der Waals surface area contributed by atoms with Gasteiger partial charge in [-0.2, -0.15) is 0 Å². The van der Waals surface area contributed by atoms with Crippen LogP contribution in [0.3, 0.4) is 0 Å². The van der Waals surface area contributed by atoms with E-state index in [1.807, 2.05) is 6.92 Å². The molecule has 0 bridgehead atoms. The van der Waals surface area contributed by atoms with Crippen LogP contribution in [0.25, 0.3) is 0 Å². The van der Waals surface area contributed by atoms with Gasteiger partial charge in [0, 0.05) is 11.1 Å². The average Bonchev–Trinajstić information content (AvgIpc) is 2.58. The van der Waals surface area contributed by atoms with Crippen LogP contribution in [-0.2, 0) is 9.84 Å².